The van der Waals surface area contributed by atoms with Gasteiger partial charge in [0.1, 0.15) is 11.5 Å². The lowest BCUT2D eigenvalue weighted by Gasteiger charge is -2.13. The van der Waals surface area contributed by atoms with Crippen molar-refractivity contribution in [1.82, 2.24) is 30.4 Å². The molecule has 0 radical (unpaired) electrons. The first-order chi connectivity index (χ1) is 25.7. The van der Waals surface area contributed by atoms with Crippen LogP contribution in [0.15, 0.2) is 146 Å². The summed E-state index contributed by atoms with van der Waals surface area (Å²) in [7, 11) is 3.31. The van der Waals surface area contributed by atoms with Crippen molar-refractivity contribution in [3.8, 4) is 11.5 Å². The van der Waals surface area contributed by atoms with Gasteiger partial charge in [-0.15, -0.1) is 10.2 Å². The third kappa shape index (κ3) is 7.92. The van der Waals surface area contributed by atoms with E-state index in [4.69, 9.17) is 9.47 Å². The van der Waals surface area contributed by atoms with E-state index in [0.717, 1.165) is 79.2 Å². The Morgan fingerprint density at radius 1 is 0.481 bits per heavy atom. The lowest BCUT2D eigenvalue weighted by atomic mass is 10.0. The van der Waals surface area contributed by atoms with Gasteiger partial charge in [0.2, 0.25) is 0 Å². The minimum absolute atomic E-state index is 0.712. The highest BCUT2D eigenvalue weighted by atomic mass is 16.5. The zero-order valence-corrected chi connectivity index (χ0v) is 28.8. The largest absolute Gasteiger partial charge is 0.497 e. The lowest BCUT2D eigenvalue weighted by Crippen LogP contribution is -2.03. The molecule has 0 unspecified atom stereocenters. The molecular weight excluding hydrogens is 649 g/mol. The van der Waals surface area contributed by atoms with Crippen LogP contribution in [0, 0.1) is 0 Å². The standard InChI is InChI=1S/2C21H18N4O/c1-26-17-6-4-5-16(14-17)23-21-19-8-3-2-7-18(19)20(24-25-21)13-15-9-11-22-12-10-15;1-26-20-9-5-4-8-18(20)23-21-17-7-3-2-6-16(17)19(24-25-21)14-15-10-12-22-13-11-15/h2-12,14H,13H2,1H3,(H,23,25);2-13H,14H2,1H3,(H,23,25). The van der Waals surface area contributed by atoms with Gasteiger partial charge in [0.15, 0.2) is 11.6 Å². The van der Waals surface area contributed by atoms with Crippen molar-refractivity contribution < 1.29 is 9.47 Å². The van der Waals surface area contributed by atoms with Crippen molar-refractivity contribution >= 4 is 44.6 Å². The fourth-order valence-corrected chi connectivity index (χ4v) is 5.87. The molecular formula is C42H36N8O2. The van der Waals surface area contributed by atoms with E-state index in [-0.39, 0.29) is 0 Å². The number of nitrogens with zero attached hydrogens (tertiary/aromatic N) is 6. The van der Waals surface area contributed by atoms with Crippen LogP contribution in [0.5, 0.6) is 11.5 Å². The van der Waals surface area contributed by atoms with Crippen LogP contribution in [0.4, 0.5) is 23.0 Å². The molecule has 10 nitrogen and oxygen atoms in total. The molecule has 0 fully saturated rings. The van der Waals surface area contributed by atoms with Gasteiger partial charge in [-0.3, -0.25) is 9.97 Å². The van der Waals surface area contributed by atoms with Gasteiger partial charge in [-0.05, 0) is 59.7 Å². The molecule has 256 valence electrons. The van der Waals surface area contributed by atoms with E-state index < -0.39 is 0 Å². The van der Waals surface area contributed by atoms with Gasteiger partial charge in [0.05, 0.1) is 31.3 Å². The first kappa shape index (κ1) is 33.6. The fourth-order valence-electron chi connectivity index (χ4n) is 5.87. The number of hydrogen-bond donors (Lipinski definition) is 2. The molecule has 0 bridgehead atoms. The van der Waals surface area contributed by atoms with Crippen LogP contribution in [-0.4, -0.2) is 44.6 Å². The second-order valence-electron chi connectivity index (χ2n) is 11.8. The molecule has 10 heteroatoms. The van der Waals surface area contributed by atoms with Crippen molar-refractivity contribution in [3.63, 3.8) is 0 Å². The van der Waals surface area contributed by atoms with Gasteiger partial charge in [-0.25, -0.2) is 0 Å². The molecule has 8 rings (SSSR count). The highest BCUT2D eigenvalue weighted by Gasteiger charge is 2.13. The molecule has 0 amide bonds. The molecule has 4 aromatic heterocycles. The molecule has 4 aromatic carbocycles. The highest BCUT2D eigenvalue weighted by Crippen LogP contribution is 2.31. The maximum Gasteiger partial charge on any atom is 0.161 e. The number of aromatic nitrogens is 6. The molecule has 52 heavy (non-hydrogen) atoms. The zero-order valence-electron chi connectivity index (χ0n) is 28.8. The summed E-state index contributed by atoms with van der Waals surface area (Å²) in [4.78, 5) is 8.14. The van der Waals surface area contributed by atoms with E-state index in [1.165, 1.54) is 0 Å². The molecule has 0 saturated carbocycles. The van der Waals surface area contributed by atoms with Crippen LogP contribution in [0.2, 0.25) is 0 Å². The minimum atomic E-state index is 0.712. The Morgan fingerprint density at radius 3 is 1.56 bits per heavy atom. The average Bonchev–Trinajstić information content (AvgIpc) is 3.21. The minimum Gasteiger partial charge on any atom is -0.497 e. The van der Waals surface area contributed by atoms with Gasteiger partial charge in [-0.1, -0.05) is 66.7 Å². The number of para-hydroxylation sites is 2. The number of hydrogen-bond acceptors (Lipinski definition) is 10. The van der Waals surface area contributed by atoms with Gasteiger partial charge in [-0.2, -0.15) is 10.2 Å². The number of methoxy groups -OCH3 is 2. The van der Waals surface area contributed by atoms with E-state index in [2.05, 4.69) is 65.3 Å². The van der Waals surface area contributed by atoms with Crippen molar-refractivity contribution in [2.24, 2.45) is 0 Å². The monoisotopic (exact) mass is 684 g/mol. The Balaban J connectivity index is 0.000000162. The SMILES string of the molecule is COc1cccc(Nc2nnc(Cc3ccncc3)c3ccccc23)c1.COc1ccccc1Nc1nnc(Cc2ccncc2)c2ccccc12. The van der Waals surface area contributed by atoms with Gasteiger partial charge < -0.3 is 20.1 Å². The summed E-state index contributed by atoms with van der Waals surface area (Å²) in [6.07, 6.45) is 8.61. The summed E-state index contributed by atoms with van der Waals surface area (Å²) in [6.45, 7) is 0. The van der Waals surface area contributed by atoms with Crippen LogP contribution in [-0.2, 0) is 12.8 Å². The molecule has 0 saturated heterocycles. The molecule has 0 atom stereocenters. The van der Waals surface area contributed by atoms with Crippen molar-refractivity contribution in [2.75, 3.05) is 24.9 Å². The molecule has 8 aromatic rings. The Morgan fingerprint density at radius 2 is 1.00 bits per heavy atom. The lowest BCUT2D eigenvalue weighted by molar-refractivity contribution is 0.415. The Hall–Kier alpha value is -6.94. The summed E-state index contributed by atoms with van der Waals surface area (Å²) < 4.78 is 10.7. The van der Waals surface area contributed by atoms with Crippen molar-refractivity contribution in [1.29, 1.82) is 0 Å². The number of pyridine rings is 2. The molecule has 0 aliphatic rings. The maximum absolute atomic E-state index is 5.42. The molecule has 4 heterocycles. The Bertz CT molecular complexity index is 2400. The summed E-state index contributed by atoms with van der Waals surface area (Å²) >= 11 is 0. The van der Waals surface area contributed by atoms with E-state index in [9.17, 15) is 0 Å². The maximum atomic E-state index is 5.42. The second kappa shape index (κ2) is 16.2. The van der Waals surface area contributed by atoms with E-state index >= 15 is 0 Å². The fraction of sp³-hybridized carbons (Fsp3) is 0.0952. The Labute approximate surface area is 301 Å². The zero-order chi connectivity index (χ0) is 35.5. The quantitative estimate of drug-likeness (QED) is 0.145. The van der Waals surface area contributed by atoms with Crippen LogP contribution in [0.3, 0.4) is 0 Å². The number of ether oxygens (including phenoxy) is 2. The van der Waals surface area contributed by atoms with E-state index in [1.807, 2.05) is 97.1 Å². The topological polar surface area (TPSA) is 120 Å². The summed E-state index contributed by atoms with van der Waals surface area (Å²) in [5.41, 5.74) is 5.97. The predicted molar refractivity (Wildman–Crippen MR) is 206 cm³/mol. The summed E-state index contributed by atoms with van der Waals surface area (Å²) in [6, 6.07) is 39.8. The Kier molecular flexibility index (Phi) is 10.4. The van der Waals surface area contributed by atoms with Crippen LogP contribution in [0.25, 0.3) is 21.5 Å². The first-order valence-corrected chi connectivity index (χ1v) is 16.8. The number of rotatable bonds is 10. The van der Waals surface area contributed by atoms with Gasteiger partial charge in [0, 0.05) is 70.9 Å². The van der Waals surface area contributed by atoms with Crippen molar-refractivity contribution in [2.45, 2.75) is 12.8 Å². The molecule has 2 N–H and O–H groups in total. The van der Waals surface area contributed by atoms with Crippen molar-refractivity contribution in [3.05, 3.63) is 169 Å². The van der Waals surface area contributed by atoms with Crippen LogP contribution in [0.1, 0.15) is 22.5 Å². The highest BCUT2D eigenvalue weighted by molar-refractivity contribution is 5.95. The number of benzene rings is 4. The number of fused-ring (bicyclic) bond motifs is 2. The first-order valence-electron chi connectivity index (χ1n) is 16.8. The smallest absolute Gasteiger partial charge is 0.161 e. The van der Waals surface area contributed by atoms with E-state index in [1.54, 1.807) is 39.0 Å². The third-order valence-corrected chi connectivity index (χ3v) is 8.46. The van der Waals surface area contributed by atoms with Crippen LogP contribution < -0.4 is 20.1 Å². The number of anilines is 4. The normalized spacial score (nSPS) is 10.7. The third-order valence-electron chi connectivity index (χ3n) is 8.46. The molecule has 0 aliphatic heterocycles. The number of nitrogens with one attached hydrogen (secondary N) is 2. The van der Waals surface area contributed by atoms with E-state index in [0.29, 0.717) is 12.2 Å². The second-order valence-corrected chi connectivity index (χ2v) is 11.8. The average molecular weight is 685 g/mol. The molecule has 0 spiro atoms. The van der Waals surface area contributed by atoms with Gasteiger partial charge >= 0.3 is 0 Å². The predicted octanol–water partition coefficient (Wildman–Crippen LogP) is 8.74. The summed E-state index contributed by atoms with van der Waals surface area (Å²) in [5, 5.41) is 28.8. The molecule has 0 aliphatic carbocycles. The van der Waals surface area contributed by atoms with Crippen LogP contribution >= 0.6 is 0 Å². The van der Waals surface area contributed by atoms with Gasteiger partial charge in [0.25, 0.3) is 0 Å². The summed E-state index contributed by atoms with van der Waals surface area (Å²) in [5.74, 6) is 3.00.